The highest BCUT2D eigenvalue weighted by atomic mass is 19.4. The van der Waals surface area contributed by atoms with Gasteiger partial charge in [0.25, 0.3) is 6.17 Å². The van der Waals surface area contributed by atoms with Crippen molar-refractivity contribution in [2.75, 3.05) is 0 Å². The van der Waals surface area contributed by atoms with Crippen molar-refractivity contribution in [2.24, 2.45) is 29.6 Å². The summed E-state index contributed by atoms with van der Waals surface area (Å²) >= 11 is 0. The second-order valence-electron chi connectivity index (χ2n) is 14.1. The van der Waals surface area contributed by atoms with E-state index in [1.165, 1.54) is 115 Å². The molecule has 3 saturated carbocycles. The van der Waals surface area contributed by atoms with Crippen LogP contribution in [0.3, 0.4) is 0 Å². The fourth-order valence-electron chi connectivity index (χ4n) is 8.56. The molecular weight excluding hydrogens is 562 g/mol. The average molecular weight is 617 g/mol. The van der Waals surface area contributed by atoms with Gasteiger partial charge in [-0.1, -0.05) is 83.3 Å². The van der Waals surface area contributed by atoms with Gasteiger partial charge in [0.2, 0.25) is 0 Å². The highest BCUT2D eigenvalue weighted by Crippen LogP contribution is 2.47. The molecule has 43 heavy (non-hydrogen) atoms. The smallest absolute Gasteiger partial charge is 0.430 e. The molecule has 7 heteroatoms. The summed E-state index contributed by atoms with van der Waals surface area (Å²) in [4.78, 5) is 0. The molecule has 0 saturated heterocycles. The van der Waals surface area contributed by atoms with Crippen molar-refractivity contribution in [3.63, 3.8) is 0 Å². The molecule has 3 aliphatic carbocycles. The largest absolute Gasteiger partial charge is 0.439 e. The van der Waals surface area contributed by atoms with E-state index in [2.05, 4.69) is 11.7 Å². The van der Waals surface area contributed by atoms with Crippen LogP contribution in [0.2, 0.25) is 0 Å². The molecule has 1 nitrogen and oxygen atoms in total. The molecule has 0 heterocycles. The standard InChI is InChI=1S/C36H54F6O/c1-2-3-4-5-6-7-8-9-26-10-12-27(13-11-26)28-14-16-29(17-15-28)30-18-20-31(21-19-30)32-22-24-33(25-23-32)43-36(41,42)34(37)35(38,39)40/h22-31,34H,2-21H2,1H3. The van der Waals surface area contributed by atoms with Crippen LogP contribution >= 0.6 is 0 Å². The SMILES string of the molecule is CCCCCCCCCC1CCC(C2CCC(C3CCC(c4ccc(OC(F)(F)C(F)C(F)(F)F)cc4)CC3)CC2)CC1. The topological polar surface area (TPSA) is 9.23 Å². The van der Waals surface area contributed by atoms with Gasteiger partial charge >= 0.3 is 12.3 Å². The number of benzene rings is 1. The van der Waals surface area contributed by atoms with Crippen molar-refractivity contribution in [2.45, 2.75) is 160 Å². The molecule has 0 aliphatic heterocycles. The predicted octanol–water partition coefficient (Wildman–Crippen LogP) is 12.6. The molecule has 0 radical (unpaired) electrons. The van der Waals surface area contributed by atoms with E-state index >= 15 is 0 Å². The number of ether oxygens (including phenoxy) is 1. The van der Waals surface area contributed by atoms with Gasteiger partial charge in [0.1, 0.15) is 5.75 Å². The highest BCUT2D eigenvalue weighted by Gasteiger charge is 2.59. The van der Waals surface area contributed by atoms with Gasteiger partial charge < -0.3 is 4.74 Å². The lowest BCUT2D eigenvalue weighted by molar-refractivity contribution is -0.304. The fraction of sp³-hybridized carbons (Fsp3) is 0.833. The minimum atomic E-state index is -5.69. The van der Waals surface area contributed by atoms with Gasteiger partial charge in [0.15, 0.2) is 0 Å². The lowest BCUT2D eigenvalue weighted by atomic mass is 9.64. The van der Waals surface area contributed by atoms with Gasteiger partial charge in [-0.25, -0.2) is 4.39 Å². The Hall–Kier alpha value is -1.40. The minimum Gasteiger partial charge on any atom is -0.430 e. The van der Waals surface area contributed by atoms with Crippen molar-refractivity contribution < 1.29 is 31.1 Å². The van der Waals surface area contributed by atoms with Crippen LogP contribution in [0, 0.1) is 29.6 Å². The summed E-state index contributed by atoms with van der Waals surface area (Å²) in [5, 5.41) is 0. The Balaban J connectivity index is 1.11. The Morgan fingerprint density at radius 2 is 1.07 bits per heavy atom. The molecule has 3 aliphatic rings. The third kappa shape index (κ3) is 10.3. The molecular formula is C36H54F6O. The molecule has 1 atom stereocenters. The number of hydrogen-bond donors (Lipinski definition) is 0. The van der Waals surface area contributed by atoms with Crippen molar-refractivity contribution >= 4 is 0 Å². The maximum atomic E-state index is 13.6. The molecule has 1 unspecified atom stereocenters. The number of hydrogen-bond acceptors (Lipinski definition) is 1. The first-order valence-electron chi connectivity index (χ1n) is 17.4. The van der Waals surface area contributed by atoms with E-state index in [1.807, 2.05) is 0 Å². The van der Waals surface area contributed by atoms with Crippen LogP contribution in [-0.4, -0.2) is 18.5 Å². The Morgan fingerprint density at radius 3 is 1.56 bits per heavy atom. The van der Waals surface area contributed by atoms with Crippen LogP contribution in [0.5, 0.6) is 5.75 Å². The fourth-order valence-corrected chi connectivity index (χ4v) is 8.56. The van der Waals surface area contributed by atoms with E-state index in [-0.39, 0.29) is 0 Å². The first kappa shape index (κ1) is 34.5. The molecule has 1 aromatic carbocycles. The highest BCUT2D eigenvalue weighted by molar-refractivity contribution is 5.30. The van der Waals surface area contributed by atoms with Gasteiger partial charge in [-0.2, -0.15) is 22.0 Å². The minimum absolute atomic E-state index is 0.308. The summed E-state index contributed by atoms with van der Waals surface area (Å²) in [6.07, 6.45) is 11.9. The van der Waals surface area contributed by atoms with E-state index in [9.17, 15) is 26.3 Å². The molecule has 4 rings (SSSR count). The van der Waals surface area contributed by atoms with Crippen LogP contribution in [0.1, 0.15) is 147 Å². The summed E-state index contributed by atoms with van der Waals surface area (Å²) in [6, 6.07) is 5.71. The number of unbranched alkanes of at least 4 members (excludes halogenated alkanes) is 6. The maximum Gasteiger partial charge on any atom is 0.439 e. The Labute approximate surface area is 255 Å². The van der Waals surface area contributed by atoms with Gasteiger partial charge in [-0.05, 0) is 117 Å². The quantitative estimate of drug-likeness (QED) is 0.149. The molecule has 0 amide bonds. The zero-order valence-electron chi connectivity index (χ0n) is 26.2. The zero-order chi connectivity index (χ0) is 30.9. The average Bonchev–Trinajstić information content (AvgIpc) is 3.00. The normalized spacial score (nSPS) is 29.7. The Kier molecular flexibility index (Phi) is 13.0. The van der Waals surface area contributed by atoms with E-state index in [1.54, 1.807) is 12.1 Å². The molecule has 246 valence electrons. The second-order valence-corrected chi connectivity index (χ2v) is 14.1. The van der Waals surface area contributed by atoms with E-state index in [0.29, 0.717) is 5.92 Å². The molecule has 0 bridgehead atoms. The first-order valence-corrected chi connectivity index (χ1v) is 17.4. The van der Waals surface area contributed by atoms with E-state index in [4.69, 9.17) is 0 Å². The van der Waals surface area contributed by atoms with Gasteiger partial charge in [0, 0.05) is 0 Å². The lowest BCUT2D eigenvalue weighted by Gasteiger charge is -2.41. The third-order valence-electron chi connectivity index (χ3n) is 11.2. The zero-order valence-corrected chi connectivity index (χ0v) is 26.2. The first-order chi connectivity index (χ1) is 20.6. The summed E-state index contributed by atoms with van der Waals surface area (Å²) in [5.41, 5.74) is 0.980. The van der Waals surface area contributed by atoms with E-state index < -0.39 is 24.2 Å². The monoisotopic (exact) mass is 616 g/mol. The predicted molar refractivity (Wildman–Crippen MR) is 161 cm³/mol. The van der Waals surface area contributed by atoms with Crippen molar-refractivity contribution in [1.29, 1.82) is 0 Å². The number of rotatable bonds is 14. The molecule has 3 fully saturated rings. The van der Waals surface area contributed by atoms with Crippen LogP contribution in [0.15, 0.2) is 24.3 Å². The third-order valence-corrected chi connectivity index (χ3v) is 11.2. The number of alkyl halides is 6. The summed E-state index contributed by atoms with van der Waals surface area (Å²) < 4.78 is 81.6. The van der Waals surface area contributed by atoms with Crippen LogP contribution in [-0.2, 0) is 0 Å². The molecule has 0 N–H and O–H groups in total. The van der Waals surface area contributed by atoms with Crippen LogP contribution in [0.4, 0.5) is 26.3 Å². The van der Waals surface area contributed by atoms with Gasteiger partial charge in [-0.3, -0.25) is 0 Å². The maximum absolute atomic E-state index is 13.6. The second kappa shape index (κ2) is 16.2. The summed E-state index contributed by atoms with van der Waals surface area (Å²) in [5.74, 6) is 4.24. The van der Waals surface area contributed by atoms with Crippen LogP contribution in [0.25, 0.3) is 0 Å². The van der Waals surface area contributed by atoms with Crippen LogP contribution < -0.4 is 4.74 Å². The lowest BCUT2D eigenvalue weighted by Crippen LogP contribution is -2.45. The molecule has 0 aromatic heterocycles. The van der Waals surface area contributed by atoms with Gasteiger partial charge in [-0.15, -0.1) is 0 Å². The van der Waals surface area contributed by atoms with Crippen molar-refractivity contribution in [3.8, 4) is 5.75 Å². The number of halogens is 6. The van der Waals surface area contributed by atoms with Crippen molar-refractivity contribution in [1.82, 2.24) is 0 Å². The van der Waals surface area contributed by atoms with Crippen molar-refractivity contribution in [3.05, 3.63) is 29.8 Å². The Bertz CT molecular complexity index is 907. The summed E-state index contributed by atoms with van der Waals surface area (Å²) in [7, 11) is 0. The van der Waals surface area contributed by atoms with E-state index in [0.717, 1.165) is 60.8 Å². The molecule has 1 aromatic rings. The summed E-state index contributed by atoms with van der Waals surface area (Å²) in [6.45, 7) is 2.28. The van der Waals surface area contributed by atoms with Gasteiger partial charge in [0.05, 0.1) is 0 Å². The molecule has 0 spiro atoms. The Morgan fingerprint density at radius 1 is 0.628 bits per heavy atom.